The third-order valence-electron chi connectivity index (χ3n) is 3.07. The van der Waals surface area contributed by atoms with E-state index < -0.39 is 0 Å². The van der Waals surface area contributed by atoms with E-state index in [2.05, 4.69) is 15.6 Å². The highest BCUT2D eigenvalue weighted by Gasteiger charge is 2.07. The largest absolute Gasteiger partial charge is 0.382 e. The molecule has 1 aromatic carbocycles. The average Bonchev–Trinajstić information content (AvgIpc) is 2.49. The van der Waals surface area contributed by atoms with Crippen molar-refractivity contribution in [1.29, 1.82) is 0 Å². The number of halogens is 1. The zero-order chi connectivity index (χ0) is 15.9. The van der Waals surface area contributed by atoms with Crippen molar-refractivity contribution < 1.29 is 4.79 Å². The van der Waals surface area contributed by atoms with Gasteiger partial charge in [0.05, 0.1) is 11.3 Å². The zero-order valence-corrected chi connectivity index (χ0v) is 13.5. The molecule has 1 aromatic heterocycles. The number of benzene rings is 1. The fraction of sp³-hybridized carbons (Fsp3) is 0.294. The van der Waals surface area contributed by atoms with Gasteiger partial charge in [-0.15, -0.1) is 0 Å². The van der Waals surface area contributed by atoms with Gasteiger partial charge in [-0.05, 0) is 44.0 Å². The molecule has 0 unspecified atom stereocenters. The first-order valence-electron chi connectivity index (χ1n) is 7.29. The highest BCUT2D eigenvalue weighted by molar-refractivity contribution is 6.30. The topological polar surface area (TPSA) is 54.0 Å². The van der Waals surface area contributed by atoms with Gasteiger partial charge in [-0.25, -0.2) is 0 Å². The van der Waals surface area contributed by atoms with E-state index in [1.807, 2.05) is 44.2 Å². The second-order valence-corrected chi connectivity index (χ2v) is 5.83. The summed E-state index contributed by atoms with van der Waals surface area (Å²) in [6, 6.07) is 9.73. The van der Waals surface area contributed by atoms with Crippen LogP contribution in [0, 0.1) is 0 Å². The second kappa shape index (κ2) is 7.80. The van der Waals surface area contributed by atoms with Crippen LogP contribution in [0.25, 0.3) is 0 Å². The molecule has 116 valence electrons. The molecular formula is C17H20ClN3O. The summed E-state index contributed by atoms with van der Waals surface area (Å²) in [5, 5.41) is 6.85. The Morgan fingerprint density at radius 1 is 1.23 bits per heavy atom. The smallest absolute Gasteiger partial charge is 0.252 e. The molecule has 0 aliphatic heterocycles. The molecule has 2 aromatic rings. The van der Waals surface area contributed by atoms with Crippen LogP contribution in [0.15, 0.2) is 42.7 Å². The molecule has 0 spiro atoms. The summed E-state index contributed by atoms with van der Waals surface area (Å²) in [6.45, 7) is 4.65. The fourth-order valence-electron chi connectivity index (χ4n) is 2.05. The van der Waals surface area contributed by atoms with Gasteiger partial charge in [-0.2, -0.15) is 0 Å². The maximum atomic E-state index is 12.1. The van der Waals surface area contributed by atoms with Crippen LogP contribution in [0.3, 0.4) is 0 Å². The molecule has 0 bridgehead atoms. The Morgan fingerprint density at radius 3 is 2.64 bits per heavy atom. The molecule has 0 radical (unpaired) electrons. The summed E-state index contributed by atoms with van der Waals surface area (Å²) in [5.74, 6) is -0.117. The standard InChI is InChI=1S/C17H20ClN3O/c1-12(2)21-16-9-14(10-19-11-16)17(22)20-8-7-13-3-5-15(18)6-4-13/h3-6,9-12,21H,7-8H2,1-2H3,(H,20,22). The van der Waals surface area contributed by atoms with Gasteiger partial charge in [0.25, 0.3) is 5.91 Å². The minimum Gasteiger partial charge on any atom is -0.382 e. The van der Waals surface area contributed by atoms with Gasteiger partial charge in [-0.3, -0.25) is 9.78 Å². The van der Waals surface area contributed by atoms with Crippen molar-refractivity contribution in [3.05, 3.63) is 58.9 Å². The van der Waals surface area contributed by atoms with E-state index in [4.69, 9.17) is 11.6 Å². The van der Waals surface area contributed by atoms with Gasteiger partial charge in [0.15, 0.2) is 0 Å². The Balaban J connectivity index is 1.88. The molecule has 0 saturated heterocycles. The number of anilines is 1. The number of hydrogen-bond donors (Lipinski definition) is 2. The Kier molecular flexibility index (Phi) is 5.78. The summed E-state index contributed by atoms with van der Waals surface area (Å²) in [4.78, 5) is 16.2. The predicted octanol–water partition coefficient (Wildman–Crippen LogP) is 3.53. The molecule has 5 heteroatoms. The molecule has 2 N–H and O–H groups in total. The normalized spacial score (nSPS) is 10.5. The van der Waals surface area contributed by atoms with Crippen LogP contribution < -0.4 is 10.6 Å². The first-order chi connectivity index (χ1) is 10.5. The fourth-order valence-corrected chi connectivity index (χ4v) is 2.18. The van der Waals surface area contributed by atoms with E-state index in [0.717, 1.165) is 17.7 Å². The third-order valence-corrected chi connectivity index (χ3v) is 3.32. The molecule has 0 atom stereocenters. The number of rotatable bonds is 6. The van der Waals surface area contributed by atoms with Gasteiger partial charge in [-0.1, -0.05) is 23.7 Å². The van der Waals surface area contributed by atoms with Crippen LogP contribution in [-0.2, 0) is 6.42 Å². The molecule has 0 saturated carbocycles. The quantitative estimate of drug-likeness (QED) is 0.857. The van der Waals surface area contributed by atoms with Crippen molar-refractivity contribution in [1.82, 2.24) is 10.3 Å². The molecule has 22 heavy (non-hydrogen) atoms. The van der Waals surface area contributed by atoms with Crippen molar-refractivity contribution in [2.24, 2.45) is 0 Å². The molecule has 4 nitrogen and oxygen atoms in total. The molecule has 0 fully saturated rings. The average molecular weight is 318 g/mol. The molecular weight excluding hydrogens is 298 g/mol. The summed E-state index contributed by atoms with van der Waals surface area (Å²) in [5.41, 5.74) is 2.54. The minimum atomic E-state index is -0.117. The lowest BCUT2D eigenvalue weighted by molar-refractivity contribution is 0.0954. The van der Waals surface area contributed by atoms with Crippen molar-refractivity contribution >= 4 is 23.2 Å². The van der Waals surface area contributed by atoms with Crippen molar-refractivity contribution in [2.75, 3.05) is 11.9 Å². The van der Waals surface area contributed by atoms with Gasteiger partial charge in [0.2, 0.25) is 0 Å². The minimum absolute atomic E-state index is 0.117. The monoisotopic (exact) mass is 317 g/mol. The van der Waals surface area contributed by atoms with Crippen molar-refractivity contribution in [3.8, 4) is 0 Å². The SMILES string of the molecule is CC(C)Nc1cncc(C(=O)NCCc2ccc(Cl)cc2)c1. The van der Waals surface area contributed by atoms with E-state index in [1.54, 1.807) is 12.4 Å². The summed E-state index contributed by atoms with van der Waals surface area (Å²) >= 11 is 5.84. The Morgan fingerprint density at radius 2 is 1.95 bits per heavy atom. The van der Waals surface area contributed by atoms with Crippen LogP contribution in [0.2, 0.25) is 5.02 Å². The van der Waals surface area contributed by atoms with E-state index >= 15 is 0 Å². The number of carbonyl (C=O) groups excluding carboxylic acids is 1. The van der Waals surface area contributed by atoms with Gasteiger partial charge in [0, 0.05) is 30.0 Å². The summed E-state index contributed by atoms with van der Waals surface area (Å²) in [7, 11) is 0. The van der Waals surface area contributed by atoms with E-state index in [0.29, 0.717) is 23.2 Å². The van der Waals surface area contributed by atoms with E-state index in [1.165, 1.54) is 0 Å². The maximum Gasteiger partial charge on any atom is 0.252 e. The Labute approximate surface area is 135 Å². The van der Waals surface area contributed by atoms with Gasteiger partial charge < -0.3 is 10.6 Å². The van der Waals surface area contributed by atoms with E-state index in [-0.39, 0.29) is 5.91 Å². The van der Waals surface area contributed by atoms with Crippen LogP contribution in [0.5, 0.6) is 0 Å². The Hall–Kier alpha value is -2.07. The number of nitrogens with zero attached hydrogens (tertiary/aromatic N) is 1. The second-order valence-electron chi connectivity index (χ2n) is 5.39. The molecule has 1 heterocycles. The molecule has 2 rings (SSSR count). The summed E-state index contributed by atoms with van der Waals surface area (Å²) in [6.07, 6.45) is 4.05. The highest BCUT2D eigenvalue weighted by atomic mass is 35.5. The number of hydrogen-bond acceptors (Lipinski definition) is 3. The lowest BCUT2D eigenvalue weighted by Gasteiger charge is -2.11. The third kappa shape index (κ3) is 5.04. The van der Waals surface area contributed by atoms with Crippen molar-refractivity contribution in [2.45, 2.75) is 26.3 Å². The number of carbonyl (C=O) groups is 1. The van der Waals surface area contributed by atoms with Crippen molar-refractivity contribution in [3.63, 3.8) is 0 Å². The molecule has 0 aliphatic rings. The van der Waals surface area contributed by atoms with Gasteiger partial charge >= 0.3 is 0 Å². The first kappa shape index (κ1) is 16.3. The first-order valence-corrected chi connectivity index (χ1v) is 7.66. The summed E-state index contributed by atoms with van der Waals surface area (Å²) < 4.78 is 0. The molecule has 1 amide bonds. The van der Waals surface area contributed by atoms with Crippen LogP contribution in [-0.4, -0.2) is 23.5 Å². The zero-order valence-electron chi connectivity index (χ0n) is 12.8. The lowest BCUT2D eigenvalue weighted by atomic mass is 10.1. The molecule has 0 aliphatic carbocycles. The van der Waals surface area contributed by atoms with Gasteiger partial charge in [0.1, 0.15) is 0 Å². The Bertz CT molecular complexity index is 626. The number of nitrogens with one attached hydrogen (secondary N) is 2. The van der Waals surface area contributed by atoms with Crippen LogP contribution >= 0.6 is 11.6 Å². The maximum absolute atomic E-state index is 12.1. The predicted molar refractivity (Wildman–Crippen MR) is 90.5 cm³/mol. The van der Waals surface area contributed by atoms with Crippen LogP contribution in [0.1, 0.15) is 29.8 Å². The van der Waals surface area contributed by atoms with E-state index in [9.17, 15) is 4.79 Å². The highest BCUT2D eigenvalue weighted by Crippen LogP contribution is 2.11. The van der Waals surface area contributed by atoms with Crippen LogP contribution in [0.4, 0.5) is 5.69 Å². The number of pyridine rings is 1. The lowest BCUT2D eigenvalue weighted by Crippen LogP contribution is -2.26. The number of amides is 1. The number of aromatic nitrogens is 1.